The average molecular weight is 419 g/mol. The third-order valence-corrected chi connectivity index (χ3v) is 5.43. The van der Waals surface area contributed by atoms with Gasteiger partial charge in [0, 0.05) is 10.6 Å². The summed E-state index contributed by atoms with van der Waals surface area (Å²) in [5, 5.41) is 0.621. The molecule has 0 saturated heterocycles. The van der Waals surface area contributed by atoms with Crippen LogP contribution in [0.1, 0.15) is 10.4 Å². The van der Waals surface area contributed by atoms with E-state index in [9.17, 15) is 4.79 Å². The Morgan fingerprint density at radius 2 is 1.86 bits per heavy atom. The van der Waals surface area contributed by atoms with Crippen LogP contribution in [-0.4, -0.2) is 10.5 Å². The molecule has 142 valence electrons. The smallest absolute Gasteiger partial charge is 0.279 e. The molecule has 1 amide bonds. The van der Waals surface area contributed by atoms with Gasteiger partial charge >= 0.3 is 0 Å². The maximum absolute atomic E-state index is 12.8. The molecule has 0 atom stereocenters. The van der Waals surface area contributed by atoms with Gasteiger partial charge < -0.3 is 9.30 Å². The summed E-state index contributed by atoms with van der Waals surface area (Å²) >= 11 is 7.46. The number of hydrogen-bond acceptors (Lipinski definition) is 3. The van der Waals surface area contributed by atoms with Crippen molar-refractivity contribution in [1.29, 1.82) is 0 Å². The van der Waals surface area contributed by atoms with Crippen molar-refractivity contribution in [2.75, 3.05) is 0 Å². The van der Waals surface area contributed by atoms with Crippen LogP contribution in [0, 0.1) is 12.3 Å². The zero-order valence-corrected chi connectivity index (χ0v) is 16.8. The number of fused-ring (bicyclic) bond motifs is 1. The molecule has 1 aromatic heterocycles. The summed E-state index contributed by atoms with van der Waals surface area (Å²) in [6, 6.07) is 21.8. The van der Waals surface area contributed by atoms with Gasteiger partial charge in [0.05, 0.1) is 16.8 Å². The molecular formula is C23H15ClN2O2S. The van der Waals surface area contributed by atoms with Crippen LogP contribution in [0.5, 0.6) is 11.5 Å². The van der Waals surface area contributed by atoms with Gasteiger partial charge in [-0.05, 0) is 48.5 Å². The van der Waals surface area contributed by atoms with Gasteiger partial charge in [-0.1, -0.05) is 53.1 Å². The van der Waals surface area contributed by atoms with Crippen molar-refractivity contribution >= 4 is 39.1 Å². The van der Waals surface area contributed by atoms with Gasteiger partial charge in [-0.2, -0.15) is 4.99 Å². The van der Waals surface area contributed by atoms with Crippen molar-refractivity contribution in [3.63, 3.8) is 0 Å². The Bertz CT molecular complexity index is 1300. The van der Waals surface area contributed by atoms with E-state index in [4.69, 9.17) is 22.8 Å². The first-order chi connectivity index (χ1) is 14.1. The number of halogens is 1. The van der Waals surface area contributed by atoms with Gasteiger partial charge in [-0.3, -0.25) is 4.79 Å². The molecular weight excluding hydrogens is 404 g/mol. The van der Waals surface area contributed by atoms with Gasteiger partial charge in [-0.25, -0.2) is 0 Å². The first kappa shape index (κ1) is 19.0. The molecule has 0 bridgehead atoms. The van der Waals surface area contributed by atoms with Crippen LogP contribution in [0.2, 0.25) is 5.02 Å². The predicted molar refractivity (Wildman–Crippen MR) is 117 cm³/mol. The molecule has 4 aromatic rings. The zero-order valence-electron chi connectivity index (χ0n) is 15.2. The minimum atomic E-state index is -0.369. The lowest BCUT2D eigenvalue weighted by Crippen LogP contribution is -2.16. The van der Waals surface area contributed by atoms with Crippen molar-refractivity contribution in [3.05, 3.63) is 88.2 Å². The Morgan fingerprint density at radius 1 is 1.07 bits per heavy atom. The summed E-state index contributed by atoms with van der Waals surface area (Å²) in [6.07, 6.45) is 5.51. The third-order valence-electron chi connectivity index (χ3n) is 4.15. The number of benzene rings is 3. The molecule has 0 radical (unpaired) electrons. The lowest BCUT2D eigenvalue weighted by atomic mass is 10.2. The summed E-state index contributed by atoms with van der Waals surface area (Å²) in [5.74, 6) is 3.51. The highest BCUT2D eigenvalue weighted by Gasteiger charge is 2.10. The number of nitrogens with zero attached hydrogens (tertiary/aromatic N) is 2. The van der Waals surface area contributed by atoms with E-state index in [-0.39, 0.29) is 5.91 Å². The molecule has 0 fully saturated rings. The second-order valence-corrected chi connectivity index (χ2v) is 7.59. The molecule has 4 rings (SSSR count). The number of hydrogen-bond donors (Lipinski definition) is 0. The maximum Gasteiger partial charge on any atom is 0.279 e. The van der Waals surface area contributed by atoms with Crippen LogP contribution in [0.25, 0.3) is 10.2 Å². The van der Waals surface area contributed by atoms with Crippen molar-refractivity contribution in [2.45, 2.75) is 6.54 Å². The molecule has 0 N–H and O–H groups in total. The summed E-state index contributed by atoms with van der Waals surface area (Å²) < 4.78 is 8.55. The number of rotatable bonds is 4. The fraction of sp³-hybridized carbons (Fsp3) is 0.0435. The molecule has 0 saturated carbocycles. The number of thiazole rings is 1. The van der Waals surface area contributed by atoms with E-state index in [0.717, 1.165) is 10.2 Å². The van der Waals surface area contributed by atoms with Crippen LogP contribution in [-0.2, 0) is 6.54 Å². The predicted octanol–water partition coefficient (Wildman–Crippen LogP) is 5.52. The van der Waals surface area contributed by atoms with Gasteiger partial charge in [0.25, 0.3) is 5.91 Å². The largest absolute Gasteiger partial charge is 0.457 e. The van der Waals surface area contributed by atoms with Crippen LogP contribution >= 0.6 is 22.9 Å². The fourth-order valence-electron chi connectivity index (χ4n) is 2.85. The second kappa shape index (κ2) is 8.36. The number of terminal acetylenes is 1. The number of carbonyl (C=O) groups excluding carboxylic acids is 1. The lowest BCUT2D eigenvalue weighted by Gasteiger charge is -2.06. The first-order valence-corrected chi connectivity index (χ1v) is 9.98. The van der Waals surface area contributed by atoms with Crippen LogP contribution in [0.15, 0.2) is 77.8 Å². The van der Waals surface area contributed by atoms with Crippen molar-refractivity contribution in [1.82, 2.24) is 4.57 Å². The van der Waals surface area contributed by atoms with Crippen molar-refractivity contribution in [3.8, 4) is 23.8 Å². The van der Waals surface area contributed by atoms with Gasteiger partial charge in [0.1, 0.15) is 11.5 Å². The topological polar surface area (TPSA) is 43.6 Å². The molecule has 0 aliphatic heterocycles. The minimum Gasteiger partial charge on any atom is -0.457 e. The number of carbonyl (C=O) groups is 1. The average Bonchev–Trinajstić information content (AvgIpc) is 3.05. The molecule has 0 aliphatic carbocycles. The SMILES string of the molecule is C#CCn1c(=NC(=O)c2cccc(Oc3ccccc3)c2)sc2cc(Cl)ccc21. The highest BCUT2D eigenvalue weighted by molar-refractivity contribution is 7.16. The van der Waals surface area contributed by atoms with Crippen LogP contribution in [0.3, 0.4) is 0 Å². The Labute approximate surface area is 176 Å². The highest BCUT2D eigenvalue weighted by atomic mass is 35.5. The molecule has 3 aromatic carbocycles. The Morgan fingerprint density at radius 3 is 2.66 bits per heavy atom. The van der Waals surface area contributed by atoms with Crippen LogP contribution < -0.4 is 9.54 Å². The number of aromatic nitrogens is 1. The van der Waals surface area contributed by atoms with Gasteiger partial charge in [0.15, 0.2) is 4.80 Å². The third kappa shape index (κ3) is 4.24. The maximum atomic E-state index is 12.8. The van der Waals surface area contributed by atoms with E-state index in [2.05, 4.69) is 10.9 Å². The second-order valence-electron chi connectivity index (χ2n) is 6.15. The van der Waals surface area contributed by atoms with Gasteiger partial charge in [-0.15, -0.1) is 6.42 Å². The molecule has 29 heavy (non-hydrogen) atoms. The van der Waals surface area contributed by atoms with E-state index in [1.54, 1.807) is 30.3 Å². The highest BCUT2D eigenvalue weighted by Crippen LogP contribution is 2.23. The van der Waals surface area contributed by atoms with Crippen molar-refractivity contribution < 1.29 is 9.53 Å². The monoisotopic (exact) mass is 418 g/mol. The molecule has 0 unspecified atom stereocenters. The zero-order chi connectivity index (χ0) is 20.2. The molecule has 0 spiro atoms. The van der Waals surface area contributed by atoms with E-state index in [0.29, 0.717) is 33.4 Å². The first-order valence-electron chi connectivity index (χ1n) is 8.78. The molecule has 6 heteroatoms. The van der Waals surface area contributed by atoms with E-state index >= 15 is 0 Å². The number of amides is 1. The van der Waals surface area contributed by atoms with E-state index in [1.165, 1.54) is 11.3 Å². The molecule has 0 aliphatic rings. The summed E-state index contributed by atoms with van der Waals surface area (Å²) in [6.45, 7) is 0.310. The molecule has 1 heterocycles. The minimum absolute atomic E-state index is 0.310. The van der Waals surface area contributed by atoms with E-state index in [1.807, 2.05) is 47.0 Å². The Balaban J connectivity index is 1.70. The van der Waals surface area contributed by atoms with Crippen molar-refractivity contribution in [2.24, 2.45) is 4.99 Å². The summed E-state index contributed by atoms with van der Waals surface area (Å²) in [5.41, 5.74) is 1.33. The van der Waals surface area contributed by atoms with E-state index < -0.39 is 0 Å². The summed E-state index contributed by atoms with van der Waals surface area (Å²) in [7, 11) is 0. The fourth-order valence-corrected chi connectivity index (χ4v) is 4.15. The molecule has 4 nitrogen and oxygen atoms in total. The lowest BCUT2D eigenvalue weighted by molar-refractivity contribution is 0.0997. The summed E-state index contributed by atoms with van der Waals surface area (Å²) in [4.78, 5) is 17.7. The Hall–Kier alpha value is -3.33. The standard InChI is InChI=1S/C23H15ClN2O2S/c1-2-13-26-20-12-11-17(24)15-21(20)29-23(26)25-22(27)16-7-6-10-19(14-16)28-18-8-4-3-5-9-18/h1,3-12,14-15H,13H2. The Kier molecular flexibility index (Phi) is 5.48. The van der Waals surface area contributed by atoms with Gasteiger partial charge in [0.2, 0.25) is 0 Å². The number of ether oxygens (including phenoxy) is 1. The number of para-hydroxylation sites is 1. The normalized spacial score (nSPS) is 11.4. The quantitative estimate of drug-likeness (QED) is 0.409. The van der Waals surface area contributed by atoms with Crippen LogP contribution in [0.4, 0.5) is 0 Å².